The van der Waals surface area contributed by atoms with E-state index < -0.39 is 5.97 Å². The number of rotatable bonds is 6. The van der Waals surface area contributed by atoms with Gasteiger partial charge in [0.1, 0.15) is 0 Å². The molecule has 1 fully saturated rings. The predicted octanol–water partition coefficient (Wildman–Crippen LogP) is 3.54. The first-order chi connectivity index (χ1) is 9.15. The molecular weight excluding hydrogens is 264 g/mol. The van der Waals surface area contributed by atoms with Crippen molar-refractivity contribution in [3.8, 4) is 0 Å². The van der Waals surface area contributed by atoms with Crippen molar-refractivity contribution in [3.63, 3.8) is 0 Å². The second-order valence-electron chi connectivity index (χ2n) is 5.08. The Balaban J connectivity index is 1.88. The quantitative estimate of drug-likeness (QED) is 0.868. The largest absolute Gasteiger partial charge is 0.481 e. The minimum atomic E-state index is -0.729. The van der Waals surface area contributed by atoms with Gasteiger partial charge in [-0.1, -0.05) is 23.7 Å². The first kappa shape index (κ1) is 14.4. The third kappa shape index (κ3) is 4.51. The van der Waals surface area contributed by atoms with Gasteiger partial charge < -0.3 is 9.84 Å². The van der Waals surface area contributed by atoms with Crippen LogP contribution in [-0.2, 0) is 16.0 Å². The minimum absolute atomic E-state index is 0.257. The first-order valence-electron chi connectivity index (χ1n) is 6.74. The maximum atomic E-state index is 11.3. The summed E-state index contributed by atoms with van der Waals surface area (Å²) in [5.41, 5.74) is 1.02. The Morgan fingerprint density at radius 2 is 2.16 bits per heavy atom. The number of carboxylic acid groups (broad SMARTS) is 1. The van der Waals surface area contributed by atoms with Crippen molar-refractivity contribution in [3.05, 3.63) is 34.9 Å². The van der Waals surface area contributed by atoms with E-state index in [1.807, 2.05) is 12.1 Å². The average Bonchev–Trinajstić information content (AvgIpc) is 2.89. The summed E-state index contributed by atoms with van der Waals surface area (Å²) < 4.78 is 5.54. The fourth-order valence-electron chi connectivity index (χ4n) is 2.48. The summed E-state index contributed by atoms with van der Waals surface area (Å²) in [7, 11) is 0. The van der Waals surface area contributed by atoms with Gasteiger partial charge in [-0.2, -0.15) is 0 Å². The average molecular weight is 283 g/mol. The highest BCUT2D eigenvalue weighted by atomic mass is 35.5. The molecule has 2 atom stereocenters. The third-order valence-electron chi connectivity index (χ3n) is 3.61. The van der Waals surface area contributed by atoms with E-state index in [2.05, 4.69) is 0 Å². The first-order valence-corrected chi connectivity index (χ1v) is 7.12. The maximum Gasteiger partial charge on any atom is 0.306 e. The normalized spacial score (nSPS) is 20.4. The van der Waals surface area contributed by atoms with Crippen LogP contribution < -0.4 is 0 Å². The number of aliphatic carboxylic acids is 1. The number of hydrogen-bond donors (Lipinski definition) is 1. The molecule has 2 rings (SSSR count). The molecule has 0 spiro atoms. The number of hydrogen-bond acceptors (Lipinski definition) is 2. The fourth-order valence-corrected chi connectivity index (χ4v) is 2.60. The van der Waals surface area contributed by atoms with Gasteiger partial charge in [-0.25, -0.2) is 0 Å². The van der Waals surface area contributed by atoms with Gasteiger partial charge in [0.2, 0.25) is 0 Å². The fraction of sp³-hybridized carbons (Fsp3) is 0.533. The van der Waals surface area contributed by atoms with E-state index in [4.69, 9.17) is 16.3 Å². The van der Waals surface area contributed by atoms with Gasteiger partial charge in [-0.15, -0.1) is 0 Å². The van der Waals surface area contributed by atoms with Crippen molar-refractivity contribution in [1.82, 2.24) is 0 Å². The van der Waals surface area contributed by atoms with Crippen molar-refractivity contribution in [2.24, 2.45) is 5.92 Å². The van der Waals surface area contributed by atoms with Crippen molar-refractivity contribution in [2.75, 3.05) is 6.61 Å². The van der Waals surface area contributed by atoms with E-state index >= 15 is 0 Å². The molecule has 0 radical (unpaired) electrons. The molecule has 1 aliphatic rings. The van der Waals surface area contributed by atoms with E-state index in [9.17, 15) is 9.90 Å². The zero-order valence-corrected chi connectivity index (χ0v) is 11.6. The Kier molecular flexibility index (Phi) is 5.23. The number of benzene rings is 1. The lowest BCUT2D eigenvalue weighted by atomic mass is 9.93. The Morgan fingerprint density at radius 1 is 1.42 bits per heavy atom. The van der Waals surface area contributed by atoms with E-state index in [1.54, 1.807) is 12.1 Å². The Labute approximate surface area is 118 Å². The van der Waals surface area contributed by atoms with Crippen LogP contribution in [0.1, 0.15) is 31.2 Å². The summed E-state index contributed by atoms with van der Waals surface area (Å²) >= 11 is 5.83. The van der Waals surface area contributed by atoms with Crippen LogP contribution in [0.15, 0.2) is 24.3 Å². The number of halogens is 1. The molecule has 1 aromatic rings. The molecule has 0 amide bonds. The van der Waals surface area contributed by atoms with Crippen LogP contribution in [0.3, 0.4) is 0 Å². The van der Waals surface area contributed by atoms with Crippen molar-refractivity contribution in [2.45, 2.75) is 38.2 Å². The van der Waals surface area contributed by atoms with E-state index in [0.29, 0.717) is 17.9 Å². The van der Waals surface area contributed by atoms with Gasteiger partial charge in [-0.3, -0.25) is 4.79 Å². The van der Waals surface area contributed by atoms with E-state index in [1.165, 1.54) is 0 Å². The smallest absolute Gasteiger partial charge is 0.306 e. The second-order valence-corrected chi connectivity index (χ2v) is 5.51. The molecule has 1 saturated heterocycles. The van der Waals surface area contributed by atoms with E-state index in [-0.39, 0.29) is 12.0 Å². The molecule has 0 saturated carbocycles. The second kappa shape index (κ2) is 6.92. The molecule has 104 valence electrons. The summed E-state index contributed by atoms with van der Waals surface area (Å²) in [5, 5.41) is 9.97. The zero-order valence-electron chi connectivity index (χ0n) is 10.8. The highest BCUT2D eigenvalue weighted by molar-refractivity contribution is 6.30. The summed E-state index contributed by atoms with van der Waals surface area (Å²) in [4.78, 5) is 11.3. The van der Waals surface area contributed by atoms with Crippen LogP contribution in [-0.4, -0.2) is 23.8 Å². The van der Waals surface area contributed by atoms with Gasteiger partial charge in [0.05, 0.1) is 12.0 Å². The van der Waals surface area contributed by atoms with Crippen LogP contribution in [0.2, 0.25) is 5.02 Å². The molecule has 19 heavy (non-hydrogen) atoms. The van der Waals surface area contributed by atoms with Crippen molar-refractivity contribution >= 4 is 17.6 Å². The van der Waals surface area contributed by atoms with Crippen LogP contribution in [0, 0.1) is 5.92 Å². The zero-order chi connectivity index (χ0) is 13.7. The molecule has 0 aromatic heterocycles. The molecule has 0 bridgehead atoms. The molecule has 1 N–H and O–H groups in total. The third-order valence-corrected chi connectivity index (χ3v) is 3.86. The molecule has 1 aromatic carbocycles. The summed E-state index contributed by atoms with van der Waals surface area (Å²) in [6.07, 6.45) is 4.48. The van der Waals surface area contributed by atoms with Gasteiger partial charge >= 0.3 is 5.97 Å². The van der Waals surface area contributed by atoms with Crippen molar-refractivity contribution in [1.29, 1.82) is 0 Å². The number of carboxylic acids is 1. The lowest BCUT2D eigenvalue weighted by molar-refractivity contribution is -0.142. The summed E-state index contributed by atoms with van der Waals surface area (Å²) in [6.45, 7) is 0.819. The monoisotopic (exact) mass is 282 g/mol. The highest BCUT2D eigenvalue weighted by Crippen LogP contribution is 2.22. The van der Waals surface area contributed by atoms with Crippen LogP contribution in [0.25, 0.3) is 0 Å². The van der Waals surface area contributed by atoms with Gasteiger partial charge in [0, 0.05) is 11.6 Å². The van der Waals surface area contributed by atoms with Gasteiger partial charge in [0.25, 0.3) is 0 Å². The summed E-state index contributed by atoms with van der Waals surface area (Å²) in [5.74, 6) is -1.07. The molecule has 1 heterocycles. The lowest BCUT2D eigenvalue weighted by Gasteiger charge is -2.15. The van der Waals surface area contributed by atoms with Crippen LogP contribution in [0.5, 0.6) is 0 Å². The topological polar surface area (TPSA) is 46.5 Å². The minimum Gasteiger partial charge on any atom is -0.481 e. The number of ether oxygens (including phenoxy) is 1. The molecule has 1 aliphatic heterocycles. The lowest BCUT2D eigenvalue weighted by Crippen LogP contribution is -2.19. The Hall–Kier alpha value is -1.06. The predicted molar refractivity (Wildman–Crippen MR) is 74.5 cm³/mol. The number of carbonyl (C=O) groups is 1. The Bertz CT molecular complexity index is 410. The van der Waals surface area contributed by atoms with E-state index in [0.717, 1.165) is 31.4 Å². The standard InChI is InChI=1S/C15H19ClO3/c16-13-6-3-11(4-7-13)10-12(15(17)18)5-8-14-2-1-9-19-14/h3-4,6-7,12,14H,1-2,5,8-10H2,(H,17,18). The maximum absolute atomic E-state index is 11.3. The molecule has 4 heteroatoms. The summed E-state index contributed by atoms with van der Waals surface area (Å²) in [6, 6.07) is 7.39. The van der Waals surface area contributed by atoms with Crippen LogP contribution >= 0.6 is 11.6 Å². The van der Waals surface area contributed by atoms with Crippen LogP contribution in [0.4, 0.5) is 0 Å². The molecular formula is C15H19ClO3. The highest BCUT2D eigenvalue weighted by Gasteiger charge is 2.22. The molecule has 3 nitrogen and oxygen atoms in total. The SMILES string of the molecule is O=C(O)C(CCC1CCCO1)Cc1ccc(Cl)cc1. The van der Waals surface area contributed by atoms with Crippen molar-refractivity contribution < 1.29 is 14.6 Å². The van der Waals surface area contributed by atoms with Gasteiger partial charge in [0.15, 0.2) is 0 Å². The van der Waals surface area contributed by atoms with Gasteiger partial charge in [-0.05, 0) is 49.8 Å². The molecule has 0 aliphatic carbocycles. The molecule has 2 unspecified atom stereocenters. The Morgan fingerprint density at radius 3 is 2.74 bits per heavy atom.